The third-order valence-electron chi connectivity index (χ3n) is 4.19. The number of rotatable bonds is 17. The van der Waals surface area contributed by atoms with Crippen LogP contribution in [0.25, 0.3) is 0 Å². The Bertz CT molecular complexity index is 295. The third kappa shape index (κ3) is 26.0. The first kappa shape index (κ1) is 28.0. The van der Waals surface area contributed by atoms with Crippen LogP contribution in [0.1, 0.15) is 104 Å². The van der Waals surface area contributed by atoms with Gasteiger partial charge in [0, 0.05) is 0 Å². The van der Waals surface area contributed by atoms with Crippen molar-refractivity contribution in [3.8, 4) is 0 Å². The van der Waals surface area contributed by atoms with Gasteiger partial charge in [-0.05, 0) is 12.3 Å². The summed E-state index contributed by atoms with van der Waals surface area (Å²) in [7, 11) is -4.26. The van der Waals surface area contributed by atoms with E-state index in [0.29, 0.717) is 0 Å². The average Bonchev–Trinajstić information content (AvgIpc) is 2.45. The monoisotopic (exact) mass is 390 g/mol. The molecule has 4 nitrogen and oxygen atoms in total. The molecule has 0 aliphatic carbocycles. The molecule has 0 unspecified atom stereocenters. The maximum atomic E-state index is 10.5. The molecule has 0 saturated carbocycles. The third-order valence-corrected chi connectivity index (χ3v) is 4.70. The van der Waals surface area contributed by atoms with Crippen LogP contribution in [-0.4, -0.2) is 67.8 Å². The molecule has 142 valence electrons. The fourth-order valence-electron chi connectivity index (χ4n) is 2.78. The topological polar surface area (TPSA) is 66.8 Å². The fourth-order valence-corrected chi connectivity index (χ4v) is 3.15. The number of hydrogen-bond acceptors (Lipinski definition) is 2. The van der Waals surface area contributed by atoms with Gasteiger partial charge in [0.25, 0.3) is 0 Å². The number of unbranched alkanes of at least 4 members (excludes halogenated alkanes) is 12. The van der Waals surface area contributed by atoms with Crippen molar-refractivity contribution in [2.24, 2.45) is 5.92 Å². The van der Waals surface area contributed by atoms with Crippen molar-refractivity contribution in [1.29, 1.82) is 0 Å². The van der Waals surface area contributed by atoms with Crippen LogP contribution in [-0.2, 0) is 9.09 Å². The molecule has 6 heteroatoms. The van der Waals surface area contributed by atoms with Crippen LogP contribution in [0.5, 0.6) is 0 Å². The Morgan fingerprint density at radius 3 is 1.38 bits per heavy atom. The van der Waals surface area contributed by atoms with Crippen molar-refractivity contribution in [3.05, 3.63) is 0 Å². The number of phosphoric acid groups is 1. The molecule has 0 heterocycles. The van der Waals surface area contributed by atoms with Crippen LogP contribution in [0.2, 0.25) is 0 Å². The maximum absolute atomic E-state index is 10.5. The van der Waals surface area contributed by atoms with Gasteiger partial charge in [0.15, 0.2) is 0 Å². The molecule has 0 aromatic rings. The van der Waals surface area contributed by atoms with Gasteiger partial charge >= 0.3 is 59.2 Å². The molecule has 0 fully saturated rings. The molecule has 0 rings (SSSR count). The van der Waals surface area contributed by atoms with Gasteiger partial charge in [-0.3, -0.25) is 4.52 Å². The first-order chi connectivity index (χ1) is 10.9. The van der Waals surface area contributed by atoms with E-state index < -0.39 is 7.82 Å². The van der Waals surface area contributed by atoms with Gasteiger partial charge in [0.2, 0.25) is 0 Å². The molecule has 0 aliphatic heterocycles. The summed E-state index contributed by atoms with van der Waals surface area (Å²) in [6.07, 6.45) is 17.8. The molecule has 0 aliphatic rings. The first-order valence-corrected chi connectivity index (χ1v) is 11.1. The van der Waals surface area contributed by atoms with Crippen molar-refractivity contribution in [1.82, 2.24) is 0 Å². The summed E-state index contributed by atoms with van der Waals surface area (Å²) in [6.45, 7) is 4.77. The van der Waals surface area contributed by atoms with E-state index in [9.17, 15) is 4.57 Å². The van der Waals surface area contributed by atoms with E-state index in [1.165, 1.54) is 70.6 Å². The molecular formula is C18H40KO4P. The summed E-state index contributed by atoms with van der Waals surface area (Å²) in [5.74, 6) is 0.855. The summed E-state index contributed by atoms with van der Waals surface area (Å²) >= 11 is 0. The summed E-state index contributed by atoms with van der Waals surface area (Å²) in [6, 6.07) is 0. The second-order valence-electron chi connectivity index (χ2n) is 7.10. The zero-order chi connectivity index (χ0) is 17.4. The number of hydrogen-bond donors (Lipinski definition) is 2. The van der Waals surface area contributed by atoms with Gasteiger partial charge in [-0.25, -0.2) is 4.57 Å². The summed E-state index contributed by atoms with van der Waals surface area (Å²) < 4.78 is 14.9. The minimum atomic E-state index is -4.26. The molecule has 0 saturated heterocycles. The van der Waals surface area contributed by atoms with Crippen molar-refractivity contribution >= 4 is 59.2 Å². The summed E-state index contributed by atoms with van der Waals surface area (Å²) in [4.78, 5) is 17.1. The van der Waals surface area contributed by atoms with Crippen LogP contribution in [0.3, 0.4) is 0 Å². The standard InChI is InChI=1S/C18H39O4P.K.H/c1-18(2)16-14-12-10-8-6-4-3-5-7-9-11-13-15-17-22-23(19,20)21;;/h18H,3-17H2,1-2H3,(H2,19,20,21);;. The Labute approximate surface area is 192 Å². The molecule has 0 aromatic carbocycles. The first-order valence-electron chi connectivity index (χ1n) is 9.62. The normalized spacial score (nSPS) is 11.7. The SMILES string of the molecule is CC(C)CCCCCCCCCCCCCCCOP(=O)(O)O.[KH]. The van der Waals surface area contributed by atoms with Crippen molar-refractivity contribution < 1.29 is 18.9 Å². The molecule has 0 aromatic heterocycles. The Morgan fingerprint density at radius 2 is 1.04 bits per heavy atom. The summed E-state index contributed by atoms with van der Waals surface area (Å²) in [5, 5.41) is 0. The van der Waals surface area contributed by atoms with E-state index >= 15 is 0 Å². The van der Waals surface area contributed by atoms with Gasteiger partial charge in [-0.15, -0.1) is 0 Å². The predicted molar refractivity (Wildman–Crippen MR) is 105 cm³/mol. The second-order valence-corrected chi connectivity index (χ2v) is 8.34. The average molecular weight is 391 g/mol. The van der Waals surface area contributed by atoms with Crippen molar-refractivity contribution in [2.75, 3.05) is 6.61 Å². The Hall–Kier alpha value is 1.75. The van der Waals surface area contributed by atoms with Crippen LogP contribution in [0.4, 0.5) is 0 Å². The zero-order valence-corrected chi connectivity index (χ0v) is 16.2. The van der Waals surface area contributed by atoms with E-state index in [0.717, 1.165) is 25.2 Å². The molecule has 0 atom stereocenters. The van der Waals surface area contributed by atoms with Gasteiger partial charge in [0.05, 0.1) is 6.61 Å². The van der Waals surface area contributed by atoms with Gasteiger partial charge < -0.3 is 9.79 Å². The van der Waals surface area contributed by atoms with Gasteiger partial charge in [0.1, 0.15) is 0 Å². The van der Waals surface area contributed by atoms with Gasteiger partial charge in [-0.2, -0.15) is 0 Å². The number of phosphoric ester groups is 1. The van der Waals surface area contributed by atoms with Crippen molar-refractivity contribution in [3.63, 3.8) is 0 Å². The molecule has 24 heavy (non-hydrogen) atoms. The van der Waals surface area contributed by atoms with Crippen LogP contribution in [0.15, 0.2) is 0 Å². The molecule has 2 N–H and O–H groups in total. The van der Waals surface area contributed by atoms with E-state index in [1.807, 2.05) is 0 Å². The molecule has 0 bridgehead atoms. The molecule has 0 spiro atoms. The van der Waals surface area contributed by atoms with E-state index in [-0.39, 0.29) is 58.0 Å². The van der Waals surface area contributed by atoms with Crippen LogP contribution in [0, 0.1) is 5.92 Å². The molecule has 0 amide bonds. The van der Waals surface area contributed by atoms with Crippen LogP contribution < -0.4 is 0 Å². The van der Waals surface area contributed by atoms with Gasteiger partial charge in [-0.1, -0.05) is 97.3 Å². The quantitative estimate of drug-likeness (QED) is 0.194. The van der Waals surface area contributed by atoms with Crippen molar-refractivity contribution in [2.45, 2.75) is 104 Å². The molecular weight excluding hydrogens is 350 g/mol. The predicted octanol–water partition coefficient (Wildman–Crippen LogP) is 5.56. The van der Waals surface area contributed by atoms with Crippen LogP contribution >= 0.6 is 7.82 Å². The van der Waals surface area contributed by atoms with E-state index in [2.05, 4.69) is 18.4 Å². The van der Waals surface area contributed by atoms with E-state index in [1.54, 1.807) is 0 Å². The Morgan fingerprint density at radius 1 is 0.708 bits per heavy atom. The second kappa shape index (κ2) is 19.5. The fraction of sp³-hybridized carbons (Fsp3) is 1.00. The summed E-state index contributed by atoms with van der Waals surface area (Å²) in [5.41, 5.74) is 0. The zero-order valence-electron chi connectivity index (χ0n) is 15.3. The minimum absolute atomic E-state index is 0. The van der Waals surface area contributed by atoms with E-state index in [4.69, 9.17) is 9.79 Å². The molecule has 0 radical (unpaired) electrons. The Balaban J connectivity index is 0. The Kier molecular flexibility index (Phi) is 22.7.